The Morgan fingerprint density at radius 1 is 1.53 bits per heavy atom. The van der Waals surface area contributed by atoms with Gasteiger partial charge in [-0.15, -0.1) is 11.3 Å². The summed E-state index contributed by atoms with van der Waals surface area (Å²) in [7, 11) is 1.39. The minimum Gasteiger partial charge on any atom is -0.477 e. The van der Waals surface area contributed by atoms with Crippen molar-refractivity contribution in [3.8, 4) is 0 Å². The van der Waals surface area contributed by atoms with Gasteiger partial charge in [0, 0.05) is 10.7 Å². The van der Waals surface area contributed by atoms with Crippen LogP contribution in [0.25, 0.3) is 0 Å². The molecule has 1 aliphatic rings. The molecule has 1 heterocycles. The van der Waals surface area contributed by atoms with E-state index >= 15 is 0 Å². The van der Waals surface area contributed by atoms with Crippen molar-refractivity contribution in [2.75, 3.05) is 0 Å². The number of carboxylic acid groups (broad SMARTS) is 1. The molecule has 7 heteroatoms. The zero-order valence-electron chi connectivity index (χ0n) is 9.01. The van der Waals surface area contributed by atoms with Crippen LogP contribution in [0.2, 0.25) is 0 Å². The van der Waals surface area contributed by atoms with Crippen LogP contribution in [-0.2, 0) is 9.05 Å². The summed E-state index contributed by atoms with van der Waals surface area (Å²) in [6.07, 6.45) is 1.80. The normalized spacial score (nSPS) is 24.4. The van der Waals surface area contributed by atoms with Gasteiger partial charge in [-0.1, -0.05) is 6.92 Å². The van der Waals surface area contributed by atoms with Gasteiger partial charge in [-0.2, -0.15) is 0 Å². The first-order chi connectivity index (χ1) is 7.79. The van der Waals surface area contributed by atoms with Crippen molar-refractivity contribution in [1.82, 2.24) is 0 Å². The molecule has 17 heavy (non-hydrogen) atoms. The van der Waals surface area contributed by atoms with Crippen LogP contribution in [0, 0.1) is 5.92 Å². The van der Waals surface area contributed by atoms with Crippen LogP contribution in [0.1, 0.15) is 40.9 Å². The maximum atomic E-state index is 11.2. The van der Waals surface area contributed by atoms with E-state index in [1.807, 2.05) is 0 Å². The Bertz CT molecular complexity index is 555. The van der Waals surface area contributed by atoms with Crippen molar-refractivity contribution in [3.63, 3.8) is 0 Å². The van der Waals surface area contributed by atoms with Crippen LogP contribution in [0.15, 0.2) is 10.3 Å². The fourth-order valence-electron chi connectivity index (χ4n) is 2.13. The zero-order chi connectivity index (χ0) is 12.8. The number of hydrogen-bond donors (Lipinski definition) is 1. The van der Waals surface area contributed by atoms with Gasteiger partial charge >= 0.3 is 5.97 Å². The van der Waals surface area contributed by atoms with E-state index in [0.29, 0.717) is 11.5 Å². The Hall–Kier alpha value is -0.590. The Labute approximate surface area is 108 Å². The number of halogens is 1. The highest BCUT2D eigenvalue weighted by Gasteiger charge is 2.33. The van der Waals surface area contributed by atoms with Crippen molar-refractivity contribution in [2.45, 2.75) is 29.9 Å². The zero-order valence-corrected chi connectivity index (χ0v) is 11.4. The maximum Gasteiger partial charge on any atom is 0.346 e. The van der Waals surface area contributed by atoms with Crippen molar-refractivity contribution in [2.24, 2.45) is 5.92 Å². The average molecular weight is 295 g/mol. The molecule has 0 radical (unpaired) electrons. The summed E-state index contributed by atoms with van der Waals surface area (Å²) in [4.78, 5) is 11.2. The summed E-state index contributed by atoms with van der Waals surface area (Å²) >= 11 is 0.734. The van der Waals surface area contributed by atoms with E-state index in [2.05, 4.69) is 6.92 Å². The average Bonchev–Trinajstić information content (AvgIpc) is 2.56. The van der Waals surface area contributed by atoms with Gasteiger partial charge in [-0.3, -0.25) is 0 Å². The van der Waals surface area contributed by atoms with E-state index < -0.39 is 15.0 Å². The molecule has 0 spiro atoms. The minimum atomic E-state index is -3.84. The van der Waals surface area contributed by atoms with Crippen molar-refractivity contribution in [1.29, 1.82) is 0 Å². The lowest BCUT2D eigenvalue weighted by Crippen LogP contribution is -2.20. The van der Waals surface area contributed by atoms with E-state index in [9.17, 15) is 13.2 Å². The van der Waals surface area contributed by atoms with Gasteiger partial charge in [0.05, 0.1) is 0 Å². The molecule has 1 N–H and O–H groups in total. The lowest BCUT2D eigenvalue weighted by atomic mass is 9.72. The summed E-state index contributed by atoms with van der Waals surface area (Å²) in [5.74, 6) is -0.367. The smallest absolute Gasteiger partial charge is 0.346 e. The number of carboxylic acids is 1. The third-order valence-corrected chi connectivity index (χ3v) is 6.20. The summed E-state index contributed by atoms with van der Waals surface area (Å²) in [6.45, 7) is 2.09. The van der Waals surface area contributed by atoms with Gasteiger partial charge < -0.3 is 5.11 Å². The summed E-state index contributed by atoms with van der Waals surface area (Å²) in [5, 5.41) is 9.05. The monoisotopic (exact) mass is 294 g/mol. The number of carbonyl (C=O) groups is 1. The second kappa shape index (κ2) is 4.26. The van der Waals surface area contributed by atoms with E-state index in [1.54, 1.807) is 0 Å². The highest BCUT2D eigenvalue weighted by Crippen LogP contribution is 2.45. The number of hydrogen-bond acceptors (Lipinski definition) is 4. The molecule has 1 saturated carbocycles. The third-order valence-electron chi connectivity index (χ3n) is 2.99. The van der Waals surface area contributed by atoms with Gasteiger partial charge in [0.15, 0.2) is 0 Å². The van der Waals surface area contributed by atoms with Crippen LogP contribution in [-0.4, -0.2) is 19.5 Å². The molecule has 0 saturated heterocycles. The van der Waals surface area contributed by atoms with E-state index in [0.717, 1.165) is 24.2 Å². The van der Waals surface area contributed by atoms with Crippen LogP contribution >= 0.6 is 22.0 Å². The van der Waals surface area contributed by atoms with Crippen LogP contribution in [0.3, 0.4) is 0 Å². The van der Waals surface area contributed by atoms with Crippen LogP contribution in [0.5, 0.6) is 0 Å². The first-order valence-corrected chi connectivity index (χ1v) is 8.23. The van der Waals surface area contributed by atoms with Gasteiger partial charge in [0.2, 0.25) is 0 Å². The van der Waals surface area contributed by atoms with Crippen LogP contribution in [0.4, 0.5) is 0 Å². The lowest BCUT2D eigenvalue weighted by Gasteiger charge is -2.32. The van der Waals surface area contributed by atoms with E-state index in [1.165, 1.54) is 6.07 Å². The Morgan fingerprint density at radius 3 is 2.53 bits per heavy atom. The standard InChI is InChI=1S/C10H11ClO4S2/c1-5-2-6(3-5)7-4-8(17(11,14)15)16-9(7)10(12)13/h4-6H,2-3H2,1H3,(H,12,13). The topological polar surface area (TPSA) is 71.4 Å². The van der Waals surface area contributed by atoms with Gasteiger partial charge in [-0.05, 0) is 36.3 Å². The highest BCUT2D eigenvalue weighted by atomic mass is 35.7. The predicted octanol–water partition coefficient (Wildman–Crippen LogP) is 2.89. The molecule has 1 aromatic rings. The van der Waals surface area contributed by atoms with Crippen molar-refractivity contribution >= 4 is 37.0 Å². The SMILES string of the molecule is CC1CC(c2cc(S(=O)(=O)Cl)sc2C(=O)O)C1. The molecule has 0 unspecified atom stereocenters. The fraction of sp³-hybridized carbons (Fsp3) is 0.500. The third kappa shape index (κ3) is 2.48. The molecule has 4 nitrogen and oxygen atoms in total. The van der Waals surface area contributed by atoms with Gasteiger partial charge in [-0.25, -0.2) is 13.2 Å². The molecule has 0 aromatic carbocycles. The van der Waals surface area contributed by atoms with Crippen molar-refractivity contribution in [3.05, 3.63) is 16.5 Å². The molecular formula is C10H11ClO4S2. The summed E-state index contributed by atoms with van der Waals surface area (Å²) in [5.41, 5.74) is 0.611. The molecule has 1 aliphatic carbocycles. The molecule has 1 fully saturated rings. The van der Waals surface area contributed by atoms with E-state index in [4.69, 9.17) is 15.8 Å². The van der Waals surface area contributed by atoms with Crippen molar-refractivity contribution < 1.29 is 18.3 Å². The van der Waals surface area contributed by atoms with Gasteiger partial charge in [0.1, 0.15) is 9.09 Å². The Kier molecular flexibility index (Phi) is 3.22. The second-order valence-corrected chi connectivity index (χ2v) is 8.21. The Morgan fingerprint density at radius 2 is 2.12 bits per heavy atom. The molecule has 0 atom stereocenters. The molecule has 1 aromatic heterocycles. The first kappa shape index (κ1) is 12.9. The number of aromatic carboxylic acids is 1. The first-order valence-electron chi connectivity index (χ1n) is 5.10. The quantitative estimate of drug-likeness (QED) is 0.870. The molecule has 2 rings (SSSR count). The summed E-state index contributed by atoms with van der Waals surface area (Å²) < 4.78 is 22.3. The molecule has 94 valence electrons. The van der Waals surface area contributed by atoms with Gasteiger partial charge in [0.25, 0.3) is 9.05 Å². The lowest BCUT2D eigenvalue weighted by molar-refractivity contribution is 0.0699. The highest BCUT2D eigenvalue weighted by molar-refractivity contribution is 8.15. The second-order valence-electron chi connectivity index (χ2n) is 4.37. The molecular weight excluding hydrogens is 284 g/mol. The van der Waals surface area contributed by atoms with Crippen LogP contribution < -0.4 is 0 Å². The molecule has 0 amide bonds. The summed E-state index contributed by atoms with van der Waals surface area (Å²) in [6, 6.07) is 1.41. The molecule has 0 aliphatic heterocycles. The maximum absolute atomic E-state index is 11.2. The number of thiophene rings is 1. The Balaban J connectivity index is 2.43. The number of rotatable bonds is 3. The largest absolute Gasteiger partial charge is 0.477 e. The molecule has 0 bridgehead atoms. The van der Waals surface area contributed by atoms with E-state index in [-0.39, 0.29) is 15.0 Å². The minimum absolute atomic E-state index is 0.0777. The fourth-order valence-corrected chi connectivity index (χ4v) is 4.28. The predicted molar refractivity (Wildman–Crippen MR) is 65.5 cm³/mol.